The Morgan fingerprint density at radius 1 is 1.13 bits per heavy atom. The molecule has 3 heterocycles. The molecule has 0 N–H and O–H groups in total. The highest BCUT2D eigenvalue weighted by atomic mass is 19.4. The van der Waals surface area contributed by atoms with E-state index in [1.165, 1.54) is 12.0 Å². The standard InChI is InChI=1S/C26H32F4N4O4/c1-15-8-17(26(28,29)30)10-21(37-14-36-5)22(15)20-9-16-6-7-34(23(16)32-31-20)19-11-18(27)12-33(13-19)24(35)38-25(2,3)4/h8-10,18-19H,6-7,11-14H2,1-5H3/t18-,19-/m1/s1. The molecule has 1 amide bonds. The average Bonchev–Trinajstić information content (AvgIpc) is 3.23. The highest BCUT2D eigenvalue weighted by Gasteiger charge is 2.38. The molecule has 2 aromatic rings. The van der Waals surface area contributed by atoms with Gasteiger partial charge in [-0.05, 0) is 57.9 Å². The molecule has 1 aromatic heterocycles. The number of amides is 1. The lowest BCUT2D eigenvalue weighted by Gasteiger charge is -2.40. The highest BCUT2D eigenvalue weighted by molar-refractivity contribution is 5.74. The number of rotatable bonds is 5. The number of carbonyl (C=O) groups is 1. The fraction of sp³-hybridized carbons (Fsp3) is 0.577. The maximum atomic E-state index is 14.7. The minimum atomic E-state index is -4.54. The Labute approximate surface area is 218 Å². The first kappa shape index (κ1) is 27.9. The number of nitrogens with zero attached hydrogens (tertiary/aromatic N) is 4. The minimum absolute atomic E-state index is 0.0103. The van der Waals surface area contributed by atoms with Gasteiger partial charge in [-0.3, -0.25) is 0 Å². The van der Waals surface area contributed by atoms with Crippen molar-refractivity contribution in [2.45, 2.75) is 64.5 Å². The summed E-state index contributed by atoms with van der Waals surface area (Å²) >= 11 is 0. The molecule has 0 radical (unpaired) electrons. The van der Waals surface area contributed by atoms with Crippen molar-refractivity contribution in [1.82, 2.24) is 15.1 Å². The van der Waals surface area contributed by atoms with E-state index >= 15 is 0 Å². The molecule has 38 heavy (non-hydrogen) atoms. The summed E-state index contributed by atoms with van der Waals surface area (Å²) in [6.45, 7) is 7.39. The maximum Gasteiger partial charge on any atom is 0.416 e. The second-order valence-electron chi connectivity index (χ2n) is 10.6. The highest BCUT2D eigenvalue weighted by Crippen LogP contribution is 2.41. The number of aromatic nitrogens is 2. The van der Waals surface area contributed by atoms with E-state index in [0.29, 0.717) is 35.6 Å². The molecule has 12 heteroatoms. The predicted molar refractivity (Wildman–Crippen MR) is 132 cm³/mol. The summed E-state index contributed by atoms with van der Waals surface area (Å²) < 4.78 is 70.7. The molecule has 8 nitrogen and oxygen atoms in total. The third-order valence-corrected chi connectivity index (χ3v) is 6.43. The lowest BCUT2D eigenvalue weighted by molar-refractivity contribution is -0.137. The molecule has 0 aliphatic carbocycles. The van der Waals surface area contributed by atoms with Crippen molar-refractivity contribution in [2.75, 3.05) is 38.4 Å². The van der Waals surface area contributed by atoms with Gasteiger partial charge < -0.3 is 24.0 Å². The van der Waals surface area contributed by atoms with Crippen molar-refractivity contribution in [3.8, 4) is 17.0 Å². The summed E-state index contributed by atoms with van der Waals surface area (Å²) in [6, 6.07) is 3.43. The van der Waals surface area contributed by atoms with Gasteiger partial charge >= 0.3 is 12.3 Å². The van der Waals surface area contributed by atoms with E-state index in [2.05, 4.69) is 10.2 Å². The summed E-state index contributed by atoms with van der Waals surface area (Å²) in [7, 11) is 1.38. The number of ether oxygens (including phenoxy) is 3. The Hall–Kier alpha value is -3.15. The summed E-state index contributed by atoms with van der Waals surface area (Å²) in [5, 5.41) is 8.71. The zero-order valence-electron chi connectivity index (χ0n) is 22.1. The van der Waals surface area contributed by atoms with Gasteiger partial charge in [0, 0.05) is 37.7 Å². The topological polar surface area (TPSA) is 77.0 Å². The smallest absolute Gasteiger partial charge is 0.416 e. The molecule has 2 atom stereocenters. The molecule has 4 rings (SSSR count). The first-order valence-electron chi connectivity index (χ1n) is 12.4. The van der Waals surface area contributed by atoms with E-state index < -0.39 is 29.6 Å². The van der Waals surface area contributed by atoms with Gasteiger partial charge in [-0.15, -0.1) is 10.2 Å². The van der Waals surface area contributed by atoms with Gasteiger partial charge in [0.1, 0.15) is 17.5 Å². The Balaban J connectivity index is 1.61. The average molecular weight is 541 g/mol. The van der Waals surface area contributed by atoms with E-state index in [1.807, 2.05) is 4.90 Å². The van der Waals surface area contributed by atoms with E-state index in [-0.39, 0.29) is 38.1 Å². The number of methoxy groups -OCH3 is 1. The molecular formula is C26H32F4N4O4. The molecule has 0 spiro atoms. The van der Waals surface area contributed by atoms with Crippen LogP contribution in [0.2, 0.25) is 0 Å². The van der Waals surface area contributed by atoms with Gasteiger partial charge in [0.15, 0.2) is 12.6 Å². The SMILES string of the molecule is COCOc1cc(C(F)(F)F)cc(C)c1-c1cc2c(nn1)N([C@@H]1C[C@@H](F)CN(C(=O)OC(C)(C)C)C1)CC2. The van der Waals surface area contributed by atoms with Gasteiger partial charge in [0.05, 0.1) is 23.8 Å². The Bertz CT molecular complexity index is 1190. The number of alkyl halides is 4. The van der Waals surface area contributed by atoms with Crippen LogP contribution in [0.5, 0.6) is 5.75 Å². The quantitative estimate of drug-likeness (QED) is 0.383. The minimum Gasteiger partial charge on any atom is -0.467 e. The normalized spacial score (nSPS) is 19.9. The number of anilines is 1. The van der Waals surface area contributed by atoms with E-state index in [1.54, 1.807) is 33.8 Å². The number of fused-ring (bicyclic) bond motifs is 1. The monoisotopic (exact) mass is 540 g/mol. The molecule has 0 saturated carbocycles. The molecule has 1 saturated heterocycles. The van der Waals surface area contributed by atoms with E-state index in [4.69, 9.17) is 14.2 Å². The van der Waals surface area contributed by atoms with Crippen LogP contribution < -0.4 is 9.64 Å². The van der Waals surface area contributed by atoms with Gasteiger partial charge in [-0.2, -0.15) is 13.2 Å². The number of piperidine rings is 1. The molecule has 0 unspecified atom stereocenters. The molecule has 0 bridgehead atoms. The van der Waals surface area contributed by atoms with Crippen LogP contribution in [0.1, 0.15) is 43.9 Å². The fourth-order valence-electron chi connectivity index (χ4n) is 4.87. The number of hydrogen-bond donors (Lipinski definition) is 0. The van der Waals surface area contributed by atoms with Crippen molar-refractivity contribution >= 4 is 11.9 Å². The van der Waals surface area contributed by atoms with Crippen LogP contribution in [0.3, 0.4) is 0 Å². The van der Waals surface area contributed by atoms with Crippen LogP contribution in [-0.2, 0) is 22.1 Å². The van der Waals surface area contributed by atoms with Crippen LogP contribution in [0, 0.1) is 6.92 Å². The fourth-order valence-corrected chi connectivity index (χ4v) is 4.87. The number of carbonyl (C=O) groups excluding carboxylic acids is 1. The lowest BCUT2D eigenvalue weighted by Crippen LogP contribution is -2.54. The first-order valence-corrected chi connectivity index (χ1v) is 12.4. The van der Waals surface area contributed by atoms with Crippen molar-refractivity contribution < 1.29 is 36.6 Å². The van der Waals surface area contributed by atoms with Crippen LogP contribution in [0.15, 0.2) is 18.2 Å². The largest absolute Gasteiger partial charge is 0.467 e. The van der Waals surface area contributed by atoms with Crippen LogP contribution in [0.4, 0.5) is 28.2 Å². The van der Waals surface area contributed by atoms with E-state index in [0.717, 1.165) is 17.7 Å². The number of hydrogen-bond acceptors (Lipinski definition) is 7. The lowest BCUT2D eigenvalue weighted by atomic mass is 9.99. The van der Waals surface area contributed by atoms with Crippen molar-refractivity contribution in [3.63, 3.8) is 0 Å². The Kier molecular flexibility index (Phi) is 7.74. The molecular weight excluding hydrogens is 508 g/mol. The maximum absolute atomic E-state index is 14.7. The molecule has 1 aromatic carbocycles. The van der Waals surface area contributed by atoms with Gasteiger partial charge in [0.2, 0.25) is 0 Å². The number of aryl methyl sites for hydroxylation is 1. The van der Waals surface area contributed by atoms with E-state index in [9.17, 15) is 22.4 Å². The van der Waals surface area contributed by atoms with Crippen LogP contribution in [-0.4, -0.2) is 72.5 Å². The molecule has 2 aliphatic heterocycles. The van der Waals surface area contributed by atoms with Gasteiger partial charge in [-0.1, -0.05) is 0 Å². The summed E-state index contributed by atoms with van der Waals surface area (Å²) in [5.41, 5.74) is 0.386. The zero-order chi connectivity index (χ0) is 27.8. The molecule has 1 fully saturated rings. The third kappa shape index (κ3) is 6.11. The summed E-state index contributed by atoms with van der Waals surface area (Å²) in [6.07, 6.45) is -5.50. The first-order chi connectivity index (χ1) is 17.8. The summed E-state index contributed by atoms with van der Waals surface area (Å²) in [4.78, 5) is 15.9. The second-order valence-corrected chi connectivity index (χ2v) is 10.6. The molecule has 2 aliphatic rings. The van der Waals surface area contributed by atoms with Crippen LogP contribution >= 0.6 is 0 Å². The number of halogens is 4. The van der Waals surface area contributed by atoms with Crippen molar-refractivity contribution in [1.29, 1.82) is 0 Å². The third-order valence-electron chi connectivity index (χ3n) is 6.43. The van der Waals surface area contributed by atoms with Gasteiger partial charge in [0.25, 0.3) is 0 Å². The van der Waals surface area contributed by atoms with Crippen molar-refractivity contribution in [2.24, 2.45) is 0 Å². The summed E-state index contributed by atoms with van der Waals surface area (Å²) in [5.74, 6) is 0.560. The zero-order valence-corrected chi connectivity index (χ0v) is 22.1. The number of benzene rings is 1. The van der Waals surface area contributed by atoms with Gasteiger partial charge in [-0.25, -0.2) is 9.18 Å². The Morgan fingerprint density at radius 3 is 2.53 bits per heavy atom. The number of likely N-dealkylation sites (tertiary alicyclic amines) is 1. The van der Waals surface area contributed by atoms with Crippen LogP contribution in [0.25, 0.3) is 11.3 Å². The second kappa shape index (κ2) is 10.5. The molecule has 208 valence electrons. The van der Waals surface area contributed by atoms with Crippen molar-refractivity contribution in [3.05, 3.63) is 34.9 Å². The predicted octanol–water partition coefficient (Wildman–Crippen LogP) is 5.16. The Morgan fingerprint density at radius 2 is 1.87 bits per heavy atom.